The van der Waals surface area contributed by atoms with Crippen molar-refractivity contribution >= 4 is 10.9 Å². The molecule has 0 bridgehead atoms. The van der Waals surface area contributed by atoms with E-state index in [0.29, 0.717) is 6.04 Å². The van der Waals surface area contributed by atoms with Gasteiger partial charge in [-0.1, -0.05) is 18.2 Å². The molecule has 0 fully saturated rings. The van der Waals surface area contributed by atoms with E-state index in [-0.39, 0.29) is 0 Å². The van der Waals surface area contributed by atoms with Crippen LogP contribution in [0.5, 0.6) is 0 Å². The molecule has 0 aliphatic rings. The minimum Gasteiger partial charge on any atom is -0.341 e. The summed E-state index contributed by atoms with van der Waals surface area (Å²) in [5.74, 6) is 0. The van der Waals surface area contributed by atoms with Crippen LogP contribution in [-0.2, 0) is 13.1 Å². The van der Waals surface area contributed by atoms with Gasteiger partial charge in [0.25, 0.3) is 0 Å². The van der Waals surface area contributed by atoms with Crippen molar-refractivity contribution in [3.05, 3.63) is 54.0 Å². The van der Waals surface area contributed by atoms with Gasteiger partial charge >= 0.3 is 0 Å². The Bertz CT molecular complexity index is 736. The minimum atomic E-state index is 0.403. The number of hydrogen-bond donors (Lipinski definition) is 1. The molecule has 0 radical (unpaired) electrons. The van der Waals surface area contributed by atoms with Crippen LogP contribution in [0.4, 0.5) is 0 Å². The molecule has 2 aromatic heterocycles. The van der Waals surface area contributed by atoms with Gasteiger partial charge in [-0.3, -0.25) is 4.68 Å². The Hall–Kier alpha value is -2.07. The van der Waals surface area contributed by atoms with E-state index in [1.807, 2.05) is 11.7 Å². The fourth-order valence-electron chi connectivity index (χ4n) is 2.73. The van der Waals surface area contributed by atoms with E-state index in [2.05, 4.69) is 71.6 Å². The van der Waals surface area contributed by atoms with E-state index in [4.69, 9.17) is 0 Å². The highest BCUT2D eigenvalue weighted by atomic mass is 15.3. The van der Waals surface area contributed by atoms with Crippen LogP contribution in [0, 0.1) is 0 Å². The fourth-order valence-corrected chi connectivity index (χ4v) is 2.73. The molecule has 4 nitrogen and oxygen atoms in total. The monoisotopic (exact) mass is 282 g/mol. The third-order valence-electron chi connectivity index (χ3n) is 3.76. The summed E-state index contributed by atoms with van der Waals surface area (Å²) in [6.07, 6.45) is 4.21. The number of rotatable bonds is 5. The lowest BCUT2D eigenvalue weighted by Crippen LogP contribution is -2.08. The second kappa shape index (κ2) is 5.74. The van der Waals surface area contributed by atoms with Crippen LogP contribution in [0.1, 0.15) is 31.1 Å². The molecule has 0 unspecified atom stereocenters. The van der Waals surface area contributed by atoms with Gasteiger partial charge in [0.2, 0.25) is 0 Å². The van der Waals surface area contributed by atoms with Gasteiger partial charge in [-0.05, 0) is 44.0 Å². The normalized spacial score (nSPS) is 11.6. The molecule has 0 saturated carbocycles. The average Bonchev–Trinajstić information content (AvgIpc) is 3.08. The molecular weight excluding hydrogens is 260 g/mol. The topological polar surface area (TPSA) is 34.8 Å². The molecule has 2 heterocycles. The molecule has 0 saturated heterocycles. The van der Waals surface area contributed by atoms with Crippen molar-refractivity contribution in [3.63, 3.8) is 0 Å². The first-order chi connectivity index (χ1) is 10.2. The first-order valence-electron chi connectivity index (χ1n) is 7.44. The van der Waals surface area contributed by atoms with E-state index in [1.54, 1.807) is 0 Å². The number of nitrogens with zero attached hydrogens (tertiary/aromatic N) is 3. The SMILES string of the molecule is CNCc1cccc2ccn(Cc3ccn(C(C)C)n3)c12. The summed E-state index contributed by atoms with van der Waals surface area (Å²) in [5, 5.41) is 9.17. The smallest absolute Gasteiger partial charge is 0.0821 e. The molecule has 4 heteroatoms. The first kappa shape index (κ1) is 13.9. The number of nitrogens with one attached hydrogen (secondary N) is 1. The Labute approximate surface area is 125 Å². The number of hydrogen-bond acceptors (Lipinski definition) is 2. The molecule has 0 amide bonds. The molecule has 0 spiro atoms. The van der Waals surface area contributed by atoms with Crippen molar-refractivity contribution in [1.82, 2.24) is 19.7 Å². The number of benzene rings is 1. The van der Waals surface area contributed by atoms with Crippen molar-refractivity contribution in [2.75, 3.05) is 7.05 Å². The lowest BCUT2D eigenvalue weighted by atomic mass is 10.1. The third-order valence-corrected chi connectivity index (χ3v) is 3.76. The molecular formula is C17H22N4. The molecule has 21 heavy (non-hydrogen) atoms. The van der Waals surface area contributed by atoms with Crippen molar-refractivity contribution in [1.29, 1.82) is 0 Å². The summed E-state index contributed by atoms with van der Waals surface area (Å²) in [5.41, 5.74) is 3.72. The van der Waals surface area contributed by atoms with Gasteiger partial charge in [0.15, 0.2) is 0 Å². The number of aromatic nitrogens is 3. The zero-order valence-corrected chi connectivity index (χ0v) is 12.9. The van der Waals surface area contributed by atoms with Crippen molar-refractivity contribution in [2.24, 2.45) is 0 Å². The van der Waals surface area contributed by atoms with Crippen molar-refractivity contribution in [3.8, 4) is 0 Å². The Morgan fingerprint density at radius 1 is 1.14 bits per heavy atom. The summed E-state index contributed by atoms with van der Waals surface area (Å²) >= 11 is 0. The van der Waals surface area contributed by atoms with Crippen LogP contribution in [0.15, 0.2) is 42.7 Å². The zero-order valence-electron chi connectivity index (χ0n) is 12.9. The van der Waals surface area contributed by atoms with Crippen LogP contribution in [0.25, 0.3) is 10.9 Å². The van der Waals surface area contributed by atoms with Gasteiger partial charge in [-0.25, -0.2) is 0 Å². The molecule has 0 aliphatic heterocycles. The number of fused-ring (bicyclic) bond motifs is 1. The molecule has 0 aliphatic carbocycles. The lowest BCUT2D eigenvalue weighted by Gasteiger charge is -2.09. The second-order valence-corrected chi connectivity index (χ2v) is 5.71. The van der Waals surface area contributed by atoms with E-state index in [0.717, 1.165) is 18.8 Å². The van der Waals surface area contributed by atoms with E-state index in [1.165, 1.54) is 16.5 Å². The van der Waals surface area contributed by atoms with Gasteiger partial charge in [0.1, 0.15) is 0 Å². The highest BCUT2D eigenvalue weighted by Crippen LogP contribution is 2.21. The van der Waals surface area contributed by atoms with Gasteiger partial charge in [0.05, 0.1) is 17.8 Å². The van der Waals surface area contributed by atoms with E-state index in [9.17, 15) is 0 Å². The van der Waals surface area contributed by atoms with Crippen molar-refractivity contribution in [2.45, 2.75) is 33.0 Å². The maximum absolute atomic E-state index is 4.65. The summed E-state index contributed by atoms with van der Waals surface area (Å²) < 4.78 is 4.30. The van der Waals surface area contributed by atoms with Gasteiger partial charge in [-0.2, -0.15) is 5.10 Å². The molecule has 110 valence electrons. The summed E-state index contributed by atoms with van der Waals surface area (Å²) in [7, 11) is 1.98. The lowest BCUT2D eigenvalue weighted by molar-refractivity contribution is 0.524. The van der Waals surface area contributed by atoms with Crippen molar-refractivity contribution < 1.29 is 0 Å². The highest BCUT2D eigenvalue weighted by molar-refractivity contribution is 5.83. The Balaban J connectivity index is 1.96. The third kappa shape index (κ3) is 2.72. The van der Waals surface area contributed by atoms with Crippen LogP contribution in [-0.4, -0.2) is 21.4 Å². The largest absolute Gasteiger partial charge is 0.341 e. The second-order valence-electron chi connectivity index (χ2n) is 5.71. The minimum absolute atomic E-state index is 0.403. The van der Waals surface area contributed by atoms with Crippen LogP contribution < -0.4 is 5.32 Å². The van der Waals surface area contributed by atoms with Crippen LogP contribution >= 0.6 is 0 Å². The summed E-state index contributed by atoms with van der Waals surface area (Å²) in [6, 6.07) is 11.1. The molecule has 3 aromatic rings. The Morgan fingerprint density at radius 3 is 2.71 bits per heavy atom. The van der Waals surface area contributed by atoms with E-state index < -0.39 is 0 Å². The standard InChI is InChI=1S/C17H22N4/c1-13(2)21-10-8-16(19-21)12-20-9-7-14-5-4-6-15(11-18-3)17(14)20/h4-10,13,18H,11-12H2,1-3H3. The first-order valence-corrected chi connectivity index (χ1v) is 7.44. The zero-order chi connectivity index (χ0) is 14.8. The number of para-hydroxylation sites is 1. The summed E-state index contributed by atoms with van der Waals surface area (Å²) in [6.45, 7) is 5.98. The molecule has 1 N–H and O–H groups in total. The van der Waals surface area contributed by atoms with Crippen LogP contribution in [0.3, 0.4) is 0 Å². The maximum Gasteiger partial charge on any atom is 0.0821 e. The van der Waals surface area contributed by atoms with Crippen LogP contribution in [0.2, 0.25) is 0 Å². The Morgan fingerprint density at radius 2 is 2.00 bits per heavy atom. The maximum atomic E-state index is 4.65. The fraction of sp³-hybridized carbons (Fsp3) is 0.353. The predicted octanol–water partition coefficient (Wildman–Crippen LogP) is 3.19. The highest BCUT2D eigenvalue weighted by Gasteiger charge is 2.08. The predicted molar refractivity (Wildman–Crippen MR) is 86.4 cm³/mol. The van der Waals surface area contributed by atoms with Gasteiger partial charge in [-0.15, -0.1) is 0 Å². The summed E-state index contributed by atoms with van der Waals surface area (Å²) in [4.78, 5) is 0. The molecule has 1 aromatic carbocycles. The quantitative estimate of drug-likeness (QED) is 0.780. The Kier molecular flexibility index (Phi) is 3.80. The van der Waals surface area contributed by atoms with E-state index >= 15 is 0 Å². The van der Waals surface area contributed by atoms with Gasteiger partial charge in [0, 0.05) is 25.0 Å². The average molecular weight is 282 g/mol. The molecule has 3 rings (SSSR count). The molecule has 0 atom stereocenters. The van der Waals surface area contributed by atoms with Gasteiger partial charge < -0.3 is 9.88 Å².